The van der Waals surface area contributed by atoms with Crippen molar-refractivity contribution in [2.75, 3.05) is 23.7 Å². The maximum Gasteiger partial charge on any atom is 0.0373 e. The van der Waals surface area contributed by atoms with Gasteiger partial charge in [0.05, 0.1) is 0 Å². The molecule has 2 aliphatic rings. The second-order valence-corrected chi connectivity index (χ2v) is 5.10. The normalized spacial score (nSPS) is 15.8. The van der Waals surface area contributed by atoms with Crippen molar-refractivity contribution >= 4 is 11.4 Å². The predicted molar refractivity (Wildman–Crippen MR) is 76.3 cm³/mol. The Bertz CT molecular complexity index is 561. The molecule has 2 N–H and O–H groups in total. The third-order valence-corrected chi connectivity index (χ3v) is 3.96. The van der Waals surface area contributed by atoms with Crippen molar-refractivity contribution in [3.63, 3.8) is 0 Å². The Morgan fingerprint density at radius 1 is 0.667 bits per heavy atom. The molecular formula is C16H16N2. The molecular weight excluding hydrogens is 220 g/mol. The monoisotopic (exact) mass is 236 g/mol. The smallest absolute Gasteiger partial charge is 0.0373 e. The quantitative estimate of drug-likeness (QED) is 0.794. The van der Waals surface area contributed by atoms with Gasteiger partial charge in [0.1, 0.15) is 0 Å². The van der Waals surface area contributed by atoms with Crippen LogP contribution in [0.5, 0.6) is 0 Å². The first-order chi connectivity index (χ1) is 8.90. The molecule has 0 aromatic heterocycles. The third-order valence-electron chi connectivity index (χ3n) is 3.96. The average Bonchev–Trinajstić information content (AvgIpc) is 3.05. The highest BCUT2D eigenvalue weighted by Gasteiger charge is 2.13. The van der Waals surface area contributed by atoms with Crippen molar-refractivity contribution in [3.8, 4) is 11.1 Å². The minimum atomic E-state index is 1.08. The van der Waals surface area contributed by atoms with Gasteiger partial charge in [0.15, 0.2) is 0 Å². The maximum absolute atomic E-state index is 3.41. The van der Waals surface area contributed by atoms with Gasteiger partial charge < -0.3 is 10.6 Å². The maximum atomic E-state index is 3.41. The van der Waals surface area contributed by atoms with E-state index in [2.05, 4.69) is 47.0 Å². The van der Waals surface area contributed by atoms with Gasteiger partial charge in [-0.2, -0.15) is 0 Å². The van der Waals surface area contributed by atoms with Crippen molar-refractivity contribution in [2.45, 2.75) is 12.8 Å². The molecule has 0 spiro atoms. The van der Waals surface area contributed by atoms with Crippen molar-refractivity contribution in [1.29, 1.82) is 0 Å². The van der Waals surface area contributed by atoms with E-state index < -0.39 is 0 Å². The summed E-state index contributed by atoms with van der Waals surface area (Å²) in [4.78, 5) is 0. The summed E-state index contributed by atoms with van der Waals surface area (Å²) in [5, 5.41) is 6.82. The highest BCUT2D eigenvalue weighted by molar-refractivity contribution is 5.73. The van der Waals surface area contributed by atoms with Crippen LogP contribution in [0, 0.1) is 0 Å². The van der Waals surface area contributed by atoms with Crippen LogP contribution in [-0.2, 0) is 12.8 Å². The standard InChI is InChI=1S/C16H16N2/c1-3-15-13(5-7-17-15)9-11(1)12-2-4-16-14(10-12)6-8-18-16/h1-4,9-10,17-18H,5-8H2. The van der Waals surface area contributed by atoms with E-state index in [1.807, 2.05) is 0 Å². The van der Waals surface area contributed by atoms with E-state index in [1.165, 1.54) is 33.6 Å². The van der Waals surface area contributed by atoms with Crippen LogP contribution in [0.15, 0.2) is 36.4 Å². The molecule has 18 heavy (non-hydrogen) atoms. The van der Waals surface area contributed by atoms with Crippen LogP contribution in [0.3, 0.4) is 0 Å². The number of fused-ring (bicyclic) bond motifs is 2. The molecule has 2 heteroatoms. The lowest BCUT2D eigenvalue weighted by molar-refractivity contribution is 1.10. The van der Waals surface area contributed by atoms with Crippen molar-refractivity contribution in [2.24, 2.45) is 0 Å². The van der Waals surface area contributed by atoms with Crippen LogP contribution in [0.1, 0.15) is 11.1 Å². The topological polar surface area (TPSA) is 24.1 Å². The lowest BCUT2D eigenvalue weighted by Crippen LogP contribution is -1.90. The van der Waals surface area contributed by atoms with Gasteiger partial charge in [-0.05, 0) is 59.4 Å². The molecule has 2 nitrogen and oxygen atoms in total. The molecule has 0 radical (unpaired) electrons. The zero-order chi connectivity index (χ0) is 11.9. The van der Waals surface area contributed by atoms with E-state index in [0.29, 0.717) is 0 Å². The van der Waals surface area contributed by atoms with E-state index in [4.69, 9.17) is 0 Å². The summed E-state index contributed by atoms with van der Waals surface area (Å²) in [6.07, 6.45) is 2.30. The zero-order valence-electron chi connectivity index (χ0n) is 10.3. The number of anilines is 2. The highest BCUT2D eigenvalue weighted by Crippen LogP contribution is 2.32. The van der Waals surface area contributed by atoms with Gasteiger partial charge >= 0.3 is 0 Å². The molecule has 0 saturated heterocycles. The summed E-state index contributed by atoms with van der Waals surface area (Å²) in [5.74, 6) is 0. The first-order valence-corrected chi connectivity index (χ1v) is 6.64. The minimum Gasteiger partial charge on any atom is -0.384 e. The lowest BCUT2D eigenvalue weighted by Gasteiger charge is -2.07. The van der Waals surface area contributed by atoms with Crippen LogP contribution < -0.4 is 10.6 Å². The SMILES string of the molecule is c1cc2c(cc1-c1ccc3c(c1)CCN3)CCN2. The molecule has 0 unspecified atom stereocenters. The summed E-state index contributed by atoms with van der Waals surface area (Å²) < 4.78 is 0. The van der Waals surface area contributed by atoms with Crippen molar-refractivity contribution < 1.29 is 0 Å². The Labute approximate surface area is 107 Å². The summed E-state index contributed by atoms with van der Waals surface area (Å²) in [5.41, 5.74) is 8.19. The van der Waals surface area contributed by atoms with Gasteiger partial charge in [0, 0.05) is 24.5 Å². The largest absolute Gasteiger partial charge is 0.384 e. The highest BCUT2D eigenvalue weighted by atomic mass is 14.9. The fraction of sp³-hybridized carbons (Fsp3) is 0.250. The van der Waals surface area contributed by atoms with Crippen LogP contribution >= 0.6 is 0 Å². The van der Waals surface area contributed by atoms with Crippen molar-refractivity contribution in [1.82, 2.24) is 0 Å². The molecule has 0 saturated carbocycles. The minimum absolute atomic E-state index is 1.08. The van der Waals surface area contributed by atoms with Gasteiger partial charge in [0.2, 0.25) is 0 Å². The Hall–Kier alpha value is -1.96. The van der Waals surface area contributed by atoms with Gasteiger partial charge in [-0.1, -0.05) is 12.1 Å². The predicted octanol–water partition coefficient (Wildman–Crippen LogP) is 3.29. The van der Waals surface area contributed by atoms with Crippen molar-refractivity contribution in [3.05, 3.63) is 47.5 Å². The van der Waals surface area contributed by atoms with E-state index in [9.17, 15) is 0 Å². The molecule has 2 heterocycles. The molecule has 2 aliphatic heterocycles. The first kappa shape index (κ1) is 10.0. The second-order valence-electron chi connectivity index (χ2n) is 5.10. The molecule has 90 valence electrons. The van der Waals surface area contributed by atoms with Gasteiger partial charge in [0.25, 0.3) is 0 Å². The second kappa shape index (κ2) is 3.77. The Kier molecular flexibility index (Phi) is 2.10. The molecule has 0 fully saturated rings. The fourth-order valence-electron chi connectivity index (χ4n) is 2.97. The molecule has 0 aliphatic carbocycles. The van der Waals surface area contributed by atoms with Crippen LogP contribution in [-0.4, -0.2) is 13.1 Å². The molecule has 2 aromatic carbocycles. The van der Waals surface area contributed by atoms with Gasteiger partial charge in [-0.15, -0.1) is 0 Å². The molecule has 0 amide bonds. The van der Waals surface area contributed by atoms with E-state index in [-0.39, 0.29) is 0 Å². The summed E-state index contributed by atoms with van der Waals surface area (Å²) in [6, 6.07) is 13.5. The van der Waals surface area contributed by atoms with E-state index >= 15 is 0 Å². The lowest BCUT2D eigenvalue weighted by atomic mass is 9.99. The van der Waals surface area contributed by atoms with E-state index in [1.54, 1.807) is 0 Å². The molecule has 0 bridgehead atoms. The number of nitrogens with one attached hydrogen (secondary N) is 2. The number of rotatable bonds is 1. The summed E-state index contributed by atoms with van der Waals surface area (Å²) >= 11 is 0. The average molecular weight is 236 g/mol. The Balaban J connectivity index is 1.78. The van der Waals surface area contributed by atoms with Crippen LogP contribution in [0.25, 0.3) is 11.1 Å². The molecule has 0 atom stereocenters. The van der Waals surface area contributed by atoms with Gasteiger partial charge in [-0.25, -0.2) is 0 Å². The first-order valence-electron chi connectivity index (χ1n) is 6.64. The Morgan fingerprint density at radius 3 is 1.67 bits per heavy atom. The molecule has 4 rings (SSSR count). The Morgan fingerprint density at radius 2 is 1.17 bits per heavy atom. The van der Waals surface area contributed by atoms with Gasteiger partial charge in [-0.3, -0.25) is 0 Å². The molecule has 2 aromatic rings. The third kappa shape index (κ3) is 1.49. The number of hydrogen-bond donors (Lipinski definition) is 2. The van der Waals surface area contributed by atoms with Crippen LogP contribution in [0.2, 0.25) is 0 Å². The number of benzene rings is 2. The number of hydrogen-bond acceptors (Lipinski definition) is 2. The summed E-state index contributed by atoms with van der Waals surface area (Å²) in [6.45, 7) is 2.15. The van der Waals surface area contributed by atoms with E-state index in [0.717, 1.165) is 25.9 Å². The fourth-order valence-corrected chi connectivity index (χ4v) is 2.97. The van der Waals surface area contributed by atoms with Crippen LogP contribution in [0.4, 0.5) is 11.4 Å². The summed E-state index contributed by atoms with van der Waals surface area (Å²) in [7, 11) is 0. The zero-order valence-corrected chi connectivity index (χ0v) is 10.3.